The van der Waals surface area contributed by atoms with Gasteiger partial charge in [-0.3, -0.25) is 4.79 Å². The summed E-state index contributed by atoms with van der Waals surface area (Å²) < 4.78 is 10.3. The van der Waals surface area contributed by atoms with E-state index in [9.17, 15) is 9.59 Å². The van der Waals surface area contributed by atoms with Gasteiger partial charge in [-0.15, -0.1) is 0 Å². The SMILES string of the molecule is CCOc1ccc([C@@H]2CC(=O)N(C)C(C)=C2C(=O)OC)cc1. The number of esters is 1. The summed E-state index contributed by atoms with van der Waals surface area (Å²) in [6, 6.07) is 7.49. The highest BCUT2D eigenvalue weighted by atomic mass is 16.5. The molecule has 1 aromatic rings. The minimum Gasteiger partial charge on any atom is -0.494 e. The second-order valence-electron chi connectivity index (χ2n) is 5.20. The van der Waals surface area contributed by atoms with Gasteiger partial charge in [-0.25, -0.2) is 4.79 Å². The van der Waals surface area contributed by atoms with Gasteiger partial charge in [-0.2, -0.15) is 0 Å². The lowest BCUT2D eigenvalue weighted by molar-refractivity contribution is -0.137. The average molecular weight is 303 g/mol. The van der Waals surface area contributed by atoms with Crippen molar-refractivity contribution >= 4 is 11.9 Å². The quantitative estimate of drug-likeness (QED) is 0.802. The minimum atomic E-state index is -0.393. The number of ether oxygens (including phenoxy) is 2. The molecule has 2 rings (SSSR count). The molecule has 0 unspecified atom stereocenters. The number of methoxy groups -OCH3 is 1. The summed E-state index contributed by atoms with van der Waals surface area (Å²) in [5.74, 6) is 0.0809. The lowest BCUT2D eigenvalue weighted by atomic mass is 9.84. The highest BCUT2D eigenvalue weighted by Crippen LogP contribution is 2.36. The fourth-order valence-corrected chi connectivity index (χ4v) is 2.68. The smallest absolute Gasteiger partial charge is 0.336 e. The molecule has 118 valence electrons. The van der Waals surface area contributed by atoms with Crippen LogP contribution in [-0.4, -0.2) is 37.5 Å². The molecule has 1 aromatic carbocycles. The monoisotopic (exact) mass is 303 g/mol. The molecule has 0 radical (unpaired) electrons. The molecular weight excluding hydrogens is 282 g/mol. The summed E-state index contributed by atoms with van der Waals surface area (Å²) in [7, 11) is 3.03. The Kier molecular flexibility index (Phi) is 4.85. The van der Waals surface area contributed by atoms with Gasteiger partial charge in [0.2, 0.25) is 5.91 Å². The van der Waals surface area contributed by atoms with E-state index in [2.05, 4.69) is 0 Å². The van der Waals surface area contributed by atoms with Gasteiger partial charge in [-0.05, 0) is 31.5 Å². The molecule has 22 heavy (non-hydrogen) atoms. The standard InChI is InChI=1S/C17H21NO4/c1-5-22-13-8-6-12(7-9-13)14-10-15(19)18(3)11(2)16(14)17(20)21-4/h6-9,14H,5,10H2,1-4H3/t14-/m0/s1. The molecule has 0 aliphatic carbocycles. The number of carbonyl (C=O) groups excluding carboxylic acids is 2. The topological polar surface area (TPSA) is 55.8 Å². The Morgan fingerprint density at radius 1 is 1.32 bits per heavy atom. The Balaban J connectivity index is 2.42. The molecule has 1 aliphatic rings. The van der Waals surface area contributed by atoms with E-state index in [-0.39, 0.29) is 18.2 Å². The van der Waals surface area contributed by atoms with Crippen molar-refractivity contribution in [3.63, 3.8) is 0 Å². The maximum absolute atomic E-state index is 12.1. The van der Waals surface area contributed by atoms with E-state index >= 15 is 0 Å². The van der Waals surface area contributed by atoms with Crippen molar-refractivity contribution in [2.75, 3.05) is 20.8 Å². The van der Waals surface area contributed by atoms with Crippen molar-refractivity contribution in [2.24, 2.45) is 0 Å². The first kappa shape index (κ1) is 16.1. The molecule has 0 fully saturated rings. The van der Waals surface area contributed by atoms with E-state index < -0.39 is 5.97 Å². The van der Waals surface area contributed by atoms with Crippen LogP contribution in [0, 0.1) is 0 Å². The van der Waals surface area contributed by atoms with Crippen molar-refractivity contribution in [3.05, 3.63) is 41.1 Å². The first-order chi connectivity index (χ1) is 10.5. The molecule has 0 aromatic heterocycles. The third-order valence-electron chi connectivity index (χ3n) is 3.99. The number of hydrogen-bond acceptors (Lipinski definition) is 4. The zero-order valence-electron chi connectivity index (χ0n) is 13.4. The minimum absolute atomic E-state index is 0.0102. The Hall–Kier alpha value is -2.30. The third kappa shape index (κ3) is 2.98. The molecule has 1 aliphatic heterocycles. The summed E-state index contributed by atoms with van der Waals surface area (Å²) in [6.45, 7) is 4.29. The molecule has 0 saturated carbocycles. The first-order valence-corrected chi connectivity index (χ1v) is 7.28. The molecule has 5 nitrogen and oxygen atoms in total. The van der Waals surface area contributed by atoms with E-state index in [0.29, 0.717) is 17.9 Å². The van der Waals surface area contributed by atoms with Gasteiger partial charge in [0.25, 0.3) is 0 Å². The Bertz CT molecular complexity index is 604. The van der Waals surface area contributed by atoms with Crippen LogP contribution in [0.25, 0.3) is 0 Å². The summed E-state index contributed by atoms with van der Waals surface area (Å²) in [5.41, 5.74) is 2.08. The van der Waals surface area contributed by atoms with Crippen LogP contribution in [0.5, 0.6) is 5.75 Å². The largest absolute Gasteiger partial charge is 0.494 e. The van der Waals surface area contributed by atoms with E-state index in [1.807, 2.05) is 31.2 Å². The Labute approximate surface area is 130 Å². The molecule has 5 heteroatoms. The zero-order chi connectivity index (χ0) is 16.3. The number of rotatable bonds is 4. The summed E-state index contributed by atoms with van der Waals surface area (Å²) >= 11 is 0. The second-order valence-corrected chi connectivity index (χ2v) is 5.20. The van der Waals surface area contributed by atoms with E-state index in [1.54, 1.807) is 14.0 Å². The van der Waals surface area contributed by atoms with Gasteiger partial charge in [0.15, 0.2) is 0 Å². The molecule has 1 atom stereocenters. The van der Waals surface area contributed by atoms with Crippen LogP contribution in [-0.2, 0) is 14.3 Å². The van der Waals surface area contributed by atoms with Gasteiger partial charge in [0.05, 0.1) is 19.3 Å². The van der Waals surface area contributed by atoms with Gasteiger partial charge in [-0.1, -0.05) is 12.1 Å². The lowest BCUT2D eigenvalue weighted by Gasteiger charge is -2.31. The maximum Gasteiger partial charge on any atom is 0.336 e. The summed E-state index contributed by atoms with van der Waals surface area (Å²) in [6.07, 6.45) is 0.256. The number of allylic oxidation sites excluding steroid dienone is 1. The van der Waals surface area contributed by atoms with Crippen LogP contribution in [0.1, 0.15) is 31.7 Å². The van der Waals surface area contributed by atoms with Crippen molar-refractivity contribution in [1.82, 2.24) is 4.90 Å². The molecule has 1 amide bonds. The summed E-state index contributed by atoms with van der Waals surface area (Å²) in [4.78, 5) is 25.8. The van der Waals surface area contributed by atoms with E-state index in [1.165, 1.54) is 12.0 Å². The molecule has 0 spiro atoms. The first-order valence-electron chi connectivity index (χ1n) is 7.28. The Morgan fingerprint density at radius 2 is 1.95 bits per heavy atom. The van der Waals surface area contributed by atoms with Crippen molar-refractivity contribution in [2.45, 2.75) is 26.2 Å². The predicted molar refractivity (Wildman–Crippen MR) is 82.5 cm³/mol. The fraction of sp³-hybridized carbons (Fsp3) is 0.412. The van der Waals surface area contributed by atoms with Crippen LogP contribution in [0.4, 0.5) is 0 Å². The van der Waals surface area contributed by atoms with Crippen LogP contribution < -0.4 is 4.74 Å². The van der Waals surface area contributed by atoms with Crippen molar-refractivity contribution in [1.29, 1.82) is 0 Å². The normalized spacial score (nSPS) is 18.5. The average Bonchev–Trinajstić information content (AvgIpc) is 2.52. The second kappa shape index (κ2) is 6.64. The highest BCUT2D eigenvalue weighted by Gasteiger charge is 2.35. The Morgan fingerprint density at radius 3 is 2.50 bits per heavy atom. The number of benzene rings is 1. The van der Waals surface area contributed by atoms with Crippen LogP contribution in [0.2, 0.25) is 0 Å². The highest BCUT2D eigenvalue weighted by molar-refractivity contribution is 5.95. The summed E-state index contributed by atoms with van der Waals surface area (Å²) in [5, 5.41) is 0. The van der Waals surface area contributed by atoms with Crippen molar-refractivity contribution < 1.29 is 19.1 Å². The molecule has 0 N–H and O–H groups in total. The van der Waals surface area contributed by atoms with Gasteiger partial charge < -0.3 is 14.4 Å². The zero-order valence-corrected chi connectivity index (χ0v) is 13.4. The van der Waals surface area contributed by atoms with Crippen LogP contribution in [0.3, 0.4) is 0 Å². The number of amides is 1. The predicted octanol–water partition coefficient (Wildman–Crippen LogP) is 2.48. The van der Waals surface area contributed by atoms with Crippen LogP contribution in [0.15, 0.2) is 35.5 Å². The van der Waals surface area contributed by atoms with Crippen LogP contribution >= 0.6 is 0 Å². The molecular formula is C17H21NO4. The number of carbonyl (C=O) groups is 2. The third-order valence-corrected chi connectivity index (χ3v) is 3.99. The number of hydrogen-bond donors (Lipinski definition) is 0. The van der Waals surface area contributed by atoms with Gasteiger partial charge in [0, 0.05) is 25.1 Å². The van der Waals surface area contributed by atoms with Gasteiger partial charge in [0.1, 0.15) is 5.75 Å². The molecule has 0 saturated heterocycles. The molecule has 0 bridgehead atoms. The van der Waals surface area contributed by atoms with E-state index in [0.717, 1.165) is 11.3 Å². The lowest BCUT2D eigenvalue weighted by Crippen LogP contribution is -2.35. The molecule has 1 heterocycles. The van der Waals surface area contributed by atoms with E-state index in [4.69, 9.17) is 9.47 Å². The van der Waals surface area contributed by atoms with Crippen molar-refractivity contribution in [3.8, 4) is 5.75 Å². The maximum atomic E-state index is 12.1. The fourth-order valence-electron chi connectivity index (χ4n) is 2.68. The van der Waals surface area contributed by atoms with Gasteiger partial charge >= 0.3 is 5.97 Å². The number of nitrogens with zero attached hydrogens (tertiary/aromatic N) is 1.